The van der Waals surface area contributed by atoms with Crippen molar-refractivity contribution >= 4 is 44.3 Å². The number of aromatic nitrogens is 2. The van der Waals surface area contributed by atoms with E-state index in [-0.39, 0.29) is 17.6 Å². The summed E-state index contributed by atoms with van der Waals surface area (Å²) in [6.45, 7) is 0. The van der Waals surface area contributed by atoms with Crippen LogP contribution in [-0.4, -0.2) is 17.1 Å². The van der Waals surface area contributed by atoms with Crippen molar-refractivity contribution in [1.29, 1.82) is 5.26 Å². The first kappa shape index (κ1) is 15.5. The molecule has 1 heterocycles. The lowest BCUT2D eigenvalue weighted by Gasteiger charge is -2.16. The molecule has 1 unspecified atom stereocenters. The van der Waals surface area contributed by atoms with Gasteiger partial charge in [-0.1, -0.05) is 28.1 Å². The number of hydrogen-bond acceptors (Lipinski definition) is 5. The molecule has 5 nitrogen and oxygen atoms in total. The third-order valence-corrected chi connectivity index (χ3v) is 5.14. The highest BCUT2D eigenvalue weighted by Gasteiger charge is 2.25. The number of ether oxygens (including phenoxy) is 1. The number of rotatable bonds is 3. The maximum Gasteiger partial charge on any atom is 0.252 e. The van der Waals surface area contributed by atoms with E-state index < -0.39 is 0 Å². The second-order valence-corrected chi connectivity index (χ2v) is 6.75. The molecule has 1 atom stereocenters. The summed E-state index contributed by atoms with van der Waals surface area (Å²) in [4.78, 5) is 8.63. The molecule has 2 aromatic rings. The monoisotopic (exact) mass is 470 g/mol. The summed E-state index contributed by atoms with van der Waals surface area (Å²) >= 11 is 5.69. The van der Waals surface area contributed by atoms with E-state index in [9.17, 15) is 0 Å². The van der Waals surface area contributed by atoms with E-state index in [1.165, 1.54) is 18.2 Å². The zero-order valence-electron chi connectivity index (χ0n) is 11.7. The van der Waals surface area contributed by atoms with Crippen LogP contribution in [0.25, 0.3) is 0 Å². The minimum absolute atomic E-state index is 0.188. The van der Waals surface area contributed by atoms with Crippen molar-refractivity contribution in [3.05, 3.63) is 43.2 Å². The Kier molecular flexibility index (Phi) is 4.49. The molecule has 3 rings (SSSR count). The Morgan fingerprint density at radius 3 is 3.00 bits per heavy atom. The topological polar surface area (TPSA) is 70.8 Å². The Bertz CT molecular complexity index is 775. The van der Waals surface area contributed by atoms with E-state index in [1.54, 1.807) is 0 Å². The Balaban J connectivity index is 1.93. The van der Waals surface area contributed by atoms with E-state index in [4.69, 9.17) is 10.00 Å². The third kappa shape index (κ3) is 2.77. The summed E-state index contributed by atoms with van der Waals surface area (Å²) in [5.41, 5.74) is 2.81. The number of nitrogens with one attached hydrogen (secondary N) is 1. The highest BCUT2D eigenvalue weighted by Crippen LogP contribution is 2.38. The van der Waals surface area contributed by atoms with Crippen LogP contribution in [0, 0.1) is 15.0 Å². The van der Waals surface area contributed by atoms with Crippen molar-refractivity contribution in [2.75, 3.05) is 12.4 Å². The molecule has 0 bridgehead atoms. The fourth-order valence-electron chi connectivity index (χ4n) is 2.63. The van der Waals surface area contributed by atoms with Gasteiger partial charge in [0.15, 0.2) is 5.82 Å². The molecule has 112 valence electrons. The molecule has 1 N–H and O–H groups in total. The molecule has 0 aliphatic heterocycles. The van der Waals surface area contributed by atoms with Crippen molar-refractivity contribution in [1.82, 2.24) is 9.97 Å². The Morgan fingerprint density at radius 2 is 2.27 bits per heavy atom. The first-order valence-corrected chi connectivity index (χ1v) is 8.56. The highest BCUT2D eigenvalue weighted by molar-refractivity contribution is 14.1. The number of methoxy groups -OCH3 is 1. The van der Waals surface area contributed by atoms with Crippen molar-refractivity contribution in [3.8, 4) is 11.9 Å². The molecular weight excluding hydrogens is 459 g/mol. The Morgan fingerprint density at radius 1 is 1.45 bits per heavy atom. The van der Waals surface area contributed by atoms with E-state index in [1.807, 2.05) is 12.1 Å². The second kappa shape index (κ2) is 6.38. The highest BCUT2D eigenvalue weighted by atomic mass is 127. The third-order valence-electron chi connectivity index (χ3n) is 3.65. The van der Waals surface area contributed by atoms with Gasteiger partial charge in [-0.2, -0.15) is 10.2 Å². The van der Waals surface area contributed by atoms with Gasteiger partial charge >= 0.3 is 0 Å². The number of anilines is 1. The van der Waals surface area contributed by atoms with Crippen LogP contribution < -0.4 is 10.1 Å². The van der Waals surface area contributed by atoms with Crippen molar-refractivity contribution in [2.24, 2.45) is 0 Å². The number of nitrogens with zero attached hydrogens (tertiary/aromatic N) is 3. The predicted octanol–water partition coefficient (Wildman–Crippen LogP) is 3.82. The van der Waals surface area contributed by atoms with E-state index in [0.29, 0.717) is 9.52 Å². The molecule has 0 amide bonds. The van der Waals surface area contributed by atoms with Crippen LogP contribution >= 0.6 is 38.5 Å². The van der Waals surface area contributed by atoms with Gasteiger partial charge in [-0.3, -0.25) is 0 Å². The van der Waals surface area contributed by atoms with Crippen LogP contribution in [0.5, 0.6) is 5.88 Å². The van der Waals surface area contributed by atoms with Gasteiger partial charge in [0.2, 0.25) is 5.69 Å². The maximum atomic E-state index is 9.05. The quantitative estimate of drug-likeness (QED) is 0.690. The molecule has 1 aromatic carbocycles. The van der Waals surface area contributed by atoms with E-state index in [0.717, 1.165) is 17.3 Å². The zero-order valence-corrected chi connectivity index (χ0v) is 15.5. The normalized spacial score (nSPS) is 16.0. The summed E-state index contributed by atoms with van der Waals surface area (Å²) in [6, 6.07) is 8.42. The zero-order chi connectivity index (χ0) is 15.7. The number of fused-ring (bicyclic) bond motifs is 1. The lowest BCUT2D eigenvalue weighted by Crippen LogP contribution is -2.12. The SMILES string of the molecule is COc1nc(NC2CCc3c(Br)cccc32)c(I)nc1C#N. The number of nitriles is 1. The van der Waals surface area contributed by atoms with Crippen LogP contribution in [-0.2, 0) is 6.42 Å². The summed E-state index contributed by atoms with van der Waals surface area (Å²) in [5.74, 6) is 0.896. The van der Waals surface area contributed by atoms with Gasteiger partial charge in [0.1, 0.15) is 9.77 Å². The average molecular weight is 471 g/mol. The fourth-order valence-corrected chi connectivity index (χ4v) is 3.73. The molecule has 22 heavy (non-hydrogen) atoms. The van der Waals surface area contributed by atoms with Gasteiger partial charge < -0.3 is 10.1 Å². The van der Waals surface area contributed by atoms with Gasteiger partial charge in [-0.25, -0.2) is 4.98 Å². The van der Waals surface area contributed by atoms with Crippen molar-refractivity contribution in [3.63, 3.8) is 0 Å². The van der Waals surface area contributed by atoms with Gasteiger partial charge in [0.25, 0.3) is 5.88 Å². The smallest absolute Gasteiger partial charge is 0.252 e. The van der Waals surface area contributed by atoms with Crippen molar-refractivity contribution in [2.45, 2.75) is 18.9 Å². The molecule has 1 aromatic heterocycles. The summed E-state index contributed by atoms with van der Waals surface area (Å²) in [7, 11) is 1.49. The summed E-state index contributed by atoms with van der Waals surface area (Å²) < 4.78 is 6.95. The van der Waals surface area contributed by atoms with Crippen molar-refractivity contribution < 1.29 is 4.74 Å². The first-order chi connectivity index (χ1) is 10.6. The molecule has 7 heteroatoms. The largest absolute Gasteiger partial charge is 0.479 e. The minimum atomic E-state index is 0.188. The number of hydrogen-bond donors (Lipinski definition) is 1. The van der Waals surface area contributed by atoms with Gasteiger partial charge in [-0.05, 0) is 52.6 Å². The van der Waals surface area contributed by atoms with Gasteiger partial charge in [-0.15, -0.1) is 0 Å². The standard InChI is InChI=1S/C15H12BrIN4O/c1-22-15-12(7-18)19-13(17)14(21-15)20-11-6-5-8-9(11)3-2-4-10(8)16/h2-4,11H,5-6H2,1H3,(H,20,21). The number of halogens is 2. The lowest BCUT2D eigenvalue weighted by atomic mass is 10.1. The summed E-state index contributed by atoms with van der Waals surface area (Å²) in [6.07, 6.45) is 2.02. The Hall–Kier alpha value is -1.40. The average Bonchev–Trinajstić information content (AvgIpc) is 2.93. The molecular formula is C15H12BrIN4O. The molecule has 0 saturated heterocycles. The second-order valence-electron chi connectivity index (χ2n) is 4.88. The van der Waals surface area contributed by atoms with Crippen LogP contribution in [0.2, 0.25) is 0 Å². The van der Waals surface area contributed by atoms with Crippen LogP contribution in [0.3, 0.4) is 0 Å². The molecule has 1 aliphatic rings. The molecule has 0 spiro atoms. The van der Waals surface area contributed by atoms with Crippen LogP contribution in [0.15, 0.2) is 22.7 Å². The van der Waals surface area contributed by atoms with Crippen LogP contribution in [0.1, 0.15) is 29.3 Å². The molecule has 1 aliphatic carbocycles. The summed E-state index contributed by atoms with van der Waals surface area (Å²) in [5, 5.41) is 12.5. The maximum absolute atomic E-state index is 9.05. The lowest BCUT2D eigenvalue weighted by molar-refractivity contribution is 0.394. The predicted molar refractivity (Wildman–Crippen MR) is 94.8 cm³/mol. The molecule has 0 fully saturated rings. The van der Waals surface area contributed by atoms with Gasteiger partial charge in [0, 0.05) is 4.47 Å². The van der Waals surface area contributed by atoms with Crippen LogP contribution in [0.4, 0.5) is 5.82 Å². The molecule has 0 radical (unpaired) electrons. The first-order valence-electron chi connectivity index (χ1n) is 6.69. The van der Waals surface area contributed by atoms with E-state index >= 15 is 0 Å². The molecule has 0 saturated carbocycles. The number of benzene rings is 1. The minimum Gasteiger partial charge on any atom is -0.479 e. The Labute approximate surface area is 150 Å². The van der Waals surface area contributed by atoms with Gasteiger partial charge in [0.05, 0.1) is 13.2 Å². The van der Waals surface area contributed by atoms with E-state index in [2.05, 4.69) is 65.9 Å². The fraction of sp³-hybridized carbons (Fsp3) is 0.267.